The zero-order valence-electron chi connectivity index (χ0n) is 65.2. The predicted molar refractivity (Wildman–Crippen MR) is 423 cm³/mol. The van der Waals surface area contributed by atoms with E-state index in [1.165, 1.54) is 6.07 Å². The number of carbonyl (C=O) groups is 10. The Morgan fingerprint density at radius 3 is 2.01 bits per heavy atom. The Labute approximate surface area is 699 Å². The number of halogens is 2. The SMILES string of the molecule is C=CCCOc1cccc(CN[C@@]2(C)C[C@H](O[C@H]3[C@H](Oc4c5cc6cc4Oc4ccc(cc4Cl)[C@@H](O)[C@@H](NC(=O)[C@@H](N)[C@@H](C)CC)C(=O)N[C@@H](CC(N)=O)C(=O)N[C@H]6C(=O)N[C@H]4C(=O)N[C@H](C(=O)N[C@H](C(=O)N[C@@H](CCC(=O)O)C(=O)O)c6cc(O)cc(O)c6-c6cc4ccc6O)[C@H](O)c4ccc(c(Cl)c4)O5)O[C@H](CO)[C@@H](O)[C@@H]3O)O[C@@H](C)[C@H]2O)c1. The lowest BCUT2D eigenvalue weighted by molar-refractivity contribution is -0.334. The average Bonchev–Trinajstić information content (AvgIpc) is 0.768. The second-order valence-corrected chi connectivity index (χ2v) is 30.8. The molecule has 23 N–H and O–H groups in total. The van der Waals surface area contributed by atoms with Crippen LogP contribution >= 0.6 is 23.2 Å². The van der Waals surface area contributed by atoms with Crippen LogP contribution in [0.1, 0.15) is 130 Å². The van der Waals surface area contributed by atoms with Crippen LogP contribution in [0, 0.1) is 5.92 Å². The van der Waals surface area contributed by atoms with Gasteiger partial charge in [0.1, 0.15) is 107 Å². The predicted octanol–water partition coefficient (Wildman–Crippen LogP) is 1.98. The van der Waals surface area contributed by atoms with Gasteiger partial charge < -0.3 is 143 Å². The number of phenolic OH excluding ortho intramolecular Hbond substituents is 3. The monoisotopic (exact) mass is 1720 g/mol. The Balaban J connectivity index is 1.12. The quantitative estimate of drug-likeness (QED) is 0.0304. The zero-order valence-corrected chi connectivity index (χ0v) is 66.7. The third kappa shape index (κ3) is 20.6. The van der Waals surface area contributed by atoms with Gasteiger partial charge in [-0.1, -0.05) is 79.9 Å². The maximum atomic E-state index is 16.3. The van der Waals surface area contributed by atoms with E-state index in [-0.39, 0.29) is 24.1 Å². The highest BCUT2D eigenvalue weighted by molar-refractivity contribution is 6.32. The van der Waals surface area contributed by atoms with Crippen molar-refractivity contribution in [3.8, 4) is 62.9 Å². The van der Waals surface area contributed by atoms with Crippen LogP contribution in [0.3, 0.4) is 0 Å². The maximum Gasteiger partial charge on any atom is 0.326 e. The molecule has 648 valence electrons. The highest BCUT2D eigenvalue weighted by Crippen LogP contribution is 2.50. The number of phenols is 3. The summed E-state index contributed by atoms with van der Waals surface area (Å²) in [7, 11) is 0. The van der Waals surface area contributed by atoms with Crippen LogP contribution < -0.4 is 72.9 Å². The third-order valence-corrected chi connectivity index (χ3v) is 22.0. The standard InChI is InChI=1S/C81H92Cl2N10O28/c1-6-8-20-115-41-11-9-10-35(21-41)31-86-81(5)30-57(116-34(4)71(81)105)120-70-68(104)67(103)54(32-94)119-80(70)121-69-52-25-39-26-53(69)118-51-18-14-38(24-45(51)83)66(102)64-78(112)91-62(76(110)87-46(79(113)114)15-19-56(99)100)43-27-40(95)28-49(97)58(43)42-22-36(12-16-48(42)96)60(74(108)93-64)90-75(109)61(39)89-72(106)47(29-55(84)98)88-77(111)63(92-73(107)59(85)33(3)7-2)65(101)37-13-17-50(117-52)44(82)23-37/h6,9-14,16-18,21-28,33-34,46-47,54,57,59-68,70-71,80,86,94-97,101-105H,1,7-8,15,19-20,29-32,85H2,2-5H3,(H2,84,98)(H,87,110)(H,88,111)(H,89,106)(H,90,109)(H,91,112)(H,92,107)(H,93,108)(H,99,100)(H,113,114)/t33-,34-,46-,47-,54+,57-,59-,60+,61+,62-,63+,64-,65+,66+,67+,68-,70+,71+,80-,81-/m0/s1. The number of benzene rings is 6. The van der Waals surface area contributed by atoms with Crippen LogP contribution in [0.2, 0.25) is 10.0 Å². The fourth-order valence-corrected chi connectivity index (χ4v) is 14.9. The van der Waals surface area contributed by atoms with E-state index in [4.69, 9.17) is 67.8 Å². The van der Waals surface area contributed by atoms with Crippen molar-refractivity contribution in [3.63, 3.8) is 0 Å². The number of aromatic hydroxyl groups is 3. The van der Waals surface area contributed by atoms with E-state index in [9.17, 15) is 84.9 Å². The Hall–Kier alpha value is -11.5. The second kappa shape index (κ2) is 38.5. The summed E-state index contributed by atoms with van der Waals surface area (Å²) >= 11 is 14.3. The number of ether oxygens (including phenoxy) is 7. The van der Waals surface area contributed by atoms with Crippen LogP contribution in [0.5, 0.6) is 51.7 Å². The molecule has 0 radical (unpaired) electrons. The van der Waals surface area contributed by atoms with Crippen molar-refractivity contribution in [2.75, 3.05) is 13.2 Å². The third-order valence-electron chi connectivity index (χ3n) is 21.4. The number of aliphatic carboxylic acids is 2. The summed E-state index contributed by atoms with van der Waals surface area (Å²) in [5.41, 5.74) is 8.18. The lowest BCUT2D eigenvalue weighted by Crippen LogP contribution is -2.65. The van der Waals surface area contributed by atoms with Crippen LogP contribution in [0.4, 0.5) is 0 Å². The molecule has 0 aromatic heterocycles. The summed E-state index contributed by atoms with van der Waals surface area (Å²) in [5, 5.41) is 145. The molecule has 0 unspecified atom stereocenters. The van der Waals surface area contributed by atoms with Gasteiger partial charge in [0.25, 0.3) is 0 Å². The summed E-state index contributed by atoms with van der Waals surface area (Å²) < 4.78 is 45.3. The highest BCUT2D eigenvalue weighted by atomic mass is 35.5. The number of nitrogens with one attached hydrogen (secondary N) is 8. The normalized spacial score (nSPS) is 26.8. The first-order chi connectivity index (χ1) is 57.4. The van der Waals surface area contributed by atoms with Crippen molar-refractivity contribution < 1.29 is 137 Å². The lowest BCUT2D eigenvalue weighted by Gasteiger charge is -2.48. The average molecular weight is 1720 g/mol. The second-order valence-electron chi connectivity index (χ2n) is 30.0. The molecule has 7 aliphatic heterocycles. The van der Waals surface area contributed by atoms with Gasteiger partial charge in [-0.05, 0) is 133 Å². The highest BCUT2D eigenvalue weighted by Gasteiger charge is 2.52. The van der Waals surface area contributed by atoms with Crippen molar-refractivity contribution in [3.05, 3.63) is 159 Å². The molecule has 2 saturated heterocycles. The van der Waals surface area contributed by atoms with E-state index in [2.05, 4.69) is 49.1 Å². The number of nitrogens with two attached hydrogens (primary N) is 2. The van der Waals surface area contributed by atoms with Crippen molar-refractivity contribution in [1.82, 2.24) is 42.5 Å². The number of rotatable bonds is 24. The fraction of sp³-hybridized carbons (Fsp3) is 0.407. The van der Waals surface area contributed by atoms with E-state index in [0.717, 1.165) is 72.3 Å². The molecule has 8 amide bonds. The number of fused-ring (bicyclic) bond motifs is 15. The van der Waals surface area contributed by atoms with Crippen molar-refractivity contribution in [2.45, 2.75) is 188 Å². The van der Waals surface area contributed by atoms with E-state index >= 15 is 19.2 Å². The number of hydrogen-bond acceptors (Lipinski definition) is 28. The van der Waals surface area contributed by atoms with Crippen LogP contribution in [-0.4, -0.2) is 214 Å². The van der Waals surface area contributed by atoms with E-state index in [0.29, 0.717) is 31.3 Å². The number of carboxylic acid groups (broad SMARTS) is 2. The molecule has 20 atom stereocenters. The largest absolute Gasteiger partial charge is 0.508 e. The molecule has 7 aliphatic rings. The molecule has 40 heteroatoms. The van der Waals surface area contributed by atoms with Crippen LogP contribution in [0.15, 0.2) is 116 Å². The summed E-state index contributed by atoms with van der Waals surface area (Å²) in [6.45, 7) is 9.80. The molecule has 121 heavy (non-hydrogen) atoms. The first-order valence-corrected chi connectivity index (χ1v) is 39.0. The first-order valence-electron chi connectivity index (χ1n) is 38.2. The molecule has 11 bridgehead atoms. The van der Waals surface area contributed by atoms with E-state index in [1.807, 2.05) is 6.07 Å². The number of aliphatic hydroxyl groups excluding tert-OH is 6. The fourth-order valence-electron chi connectivity index (χ4n) is 14.4. The van der Waals surface area contributed by atoms with Crippen molar-refractivity contribution >= 4 is 82.4 Å². The number of carboxylic acids is 2. The molecule has 0 saturated carbocycles. The zero-order chi connectivity index (χ0) is 87.9. The summed E-state index contributed by atoms with van der Waals surface area (Å²) in [4.78, 5) is 144. The van der Waals surface area contributed by atoms with Crippen LogP contribution in [0.25, 0.3) is 11.1 Å². The molecular formula is C81H92Cl2N10O28. The first kappa shape index (κ1) is 90.3. The minimum absolute atomic E-state index is 0.151. The number of aliphatic hydroxyl groups is 6. The Kier molecular flexibility index (Phi) is 28.7. The molecule has 6 aromatic rings. The van der Waals surface area contributed by atoms with Gasteiger partial charge in [-0.25, -0.2) is 4.79 Å². The summed E-state index contributed by atoms with van der Waals surface area (Å²) in [5.74, 6) is -19.9. The number of amides is 8. The number of carbonyl (C=O) groups excluding carboxylic acids is 8. The van der Waals surface area contributed by atoms with Gasteiger partial charge in [0.15, 0.2) is 23.9 Å². The Morgan fingerprint density at radius 2 is 1.38 bits per heavy atom. The van der Waals surface area contributed by atoms with Gasteiger partial charge >= 0.3 is 11.9 Å². The number of primary amides is 1. The summed E-state index contributed by atoms with van der Waals surface area (Å²) in [6.07, 6.45) is -18.4. The van der Waals surface area contributed by atoms with Crippen LogP contribution in [-0.2, 0) is 68.7 Å². The van der Waals surface area contributed by atoms with Gasteiger partial charge in [0, 0.05) is 42.1 Å². The summed E-state index contributed by atoms with van der Waals surface area (Å²) in [6, 6.07) is 3.00. The molecule has 2 fully saturated rings. The number of hydrogen-bond donors (Lipinski definition) is 21. The van der Waals surface area contributed by atoms with Gasteiger partial charge in [-0.15, -0.1) is 6.58 Å². The molecule has 0 spiro atoms. The van der Waals surface area contributed by atoms with Gasteiger partial charge in [0.2, 0.25) is 59.3 Å². The molecule has 7 heterocycles. The molecular weight excluding hydrogens is 1630 g/mol. The van der Waals surface area contributed by atoms with Crippen molar-refractivity contribution in [2.24, 2.45) is 17.4 Å². The Bertz CT molecular complexity index is 4970. The van der Waals surface area contributed by atoms with Gasteiger partial charge in [0.05, 0.1) is 47.9 Å². The van der Waals surface area contributed by atoms with Gasteiger partial charge in [-0.3, -0.25) is 43.2 Å². The molecule has 0 aliphatic carbocycles. The van der Waals surface area contributed by atoms with E-state index < -0.39 is 290 Å². The van der Waals surface area contributed by atoms with Crippen molar-refractivity contribution in [1.29, 1.82) is 0 Å². The minimum Gasteiger partial charge on any atom is -0.508 e. The molecule has 6 aromatic carbocycles. The lowest BCUT2D eigenvalue weighted by atomic mass is 9.84. The molecule has 38 nitrogen and oxygen atoms in total. The molecule has 13 rings (SSSR count). The smallest absolute Gasteiger partial charge is 0.326 e. The Morgan fingerprint density at radius 1 is 0.736 bits per heavy atom. The van der Waals surface area contributed by atoms with E-state index in [1.54, 1.807) is 52.0 Å². The maximum absolute atomic E-state index is 16.3. The topological polar surface area (TPSA) is 606 Å². The van der Waals surface area contributed by atoms with Gasteiger partial charge in [-0.2, -0.15) is 0 Å². The minimum atomic E-state index is -2.44.